The van der Waals surface area contributed by atoms with Crippen molar-refractivity contribution < 1.29 is 18.0 Å². The Labute approximate surface area is 176 Å². The SMILES string of the molecule is O=C(NCCS(=O)(=O)N1CCc2ccccc2C1)C1CC(=O)N(c2ccccc2)C1. The van der Waals surface area contributed by atoms with E-state index in [0.29, 0.717) is 26.1 Å². The number of rotatable bonds is 6. The molecule has 2 heterocycles. The average molecular weight is 428 g/mol. The highest BCUT2D eigenvalue weighted by atomic mass is 32.2. The van der Waals surface area contributed by atoms with Crippen molar-refractivity contribution in [1.82, 2.24) is 9.62 Å². The van der Waals surface area contributed by atoms with Gasteiger partial charge in [0.2, 0.25) is 21.8 Å². The predicted octanol–water partition coefficient (Wildman–Crippen LogP) is 1.54. The molecule has 1 N–H and O–H groups in total. The largest absolute Gasteiger partial charge is 0.355 e. The van der Waals surface area contributed by atoms with Crippen molar-refractivity contribution in [3.63, 3.8) is 0 Å². The zero-order valence-corrected chi connectivity index (χ0v) is 17.5. The molecule has 2 amide bonds. The van der Waals surface area contributed by atoms with Gasteiger partial charge in [0.25, 0.3) is 0 Å². The molecule has 1 saturated heterocycles. The third kappa shape index (κ3) is 4.39. The molecule has 7 nitrogen and oxygen atoms in total. The minimum atomic E-state index is -3.47. The maximum Gasteiger partial charge on any atom is 0.227 e. The molecule has 0 aliphatic carbocycles. The van der Waals surface area contributed by atoms with Gasteiger partial charge in [-0.1, -0.05) is 42.5 Å². The highest BCUT2D eigenvalue weighted by Gasteiger charge is 2.35. The second-order valence-corrected chi connectivity index (χ2v) is 9.79. The molecule has 4 rings (SSSR count). The minimum Gasteiger partial charge on any atom is -0.355 e. The Hall–Kier alpha value is -2.71. The van der Waals surface area contributed by atoms with Crippen LogP contribution in [0.2, 0.25) is 0 Å². The van der Waals surface area contributed by atoms with Crippen LogP contribution in [0.5, 0.6) is 0 Å². The first-order valence-corrected chi connectivity index (χ1v) is 11.7. The number of hydrogen-bond donors (Lipinski definition) is 1. The summed E-state index contributed by atoms with van der Waals surface area (Å²) in [7, 11) is -3.47. The van der Waals surface area contributed by atoms with E-state index >= 15 is 0 Å². The lowest BCUT2D eigenvalue weighted by molar-refractivity contribution is -0.126. The number of benzene rings is 2. The minimum absolute atomic E-state index is 0.0370. The summed E-state index contributed by atoms with van der Waals surface area (Å²) in [5.41, 5.74) is 2.98. The van der Waals surface area contributed by atoms with Crippen molar-refractivity contribution in [2.45, 2.75) is 19.4 Å². The number of nitrogens with one attached hydrogen (secondary N) is 1. The highest BCUT2D eigenvalue weighted by molar-refractivity contribution is 7.89. The maximum absolute atomic E-state index is 12.7. The van der Waals surface area contributed by atoms with Crippen molar-refractivity contribution >= 4 is 27.5 Å². The van der Waals surface area contributed by atoms with E-state index in [4.69, 9.17) is 0 Å². The molecule has 0 aromatic heterocycles. The monoisotopic (exact) mass is 427 g/mol. The van der Waals surface area contributed by atoms with Gasteiger partial charge in [-0.3, -0.25) is 9.59 Å². The molecule has 1 unspecified atom stereocenters. The topological polar surface area (TPSA) is 86.8 Å². The number of amides is 2. The van der Waals surface area contributed by atoms with Crippen molar-refractivity contribution in [2.24, 2.45) is 5.92 Å². The summed E-state index contributed by atoms with van der Waals surface area (Å²) >= 11 is 0. The zero-order chi connectivity index (χ0) is 21.1. The molecule has 30 heavy (non-hydrogen) atoms. The van der Waals surface area contributed by atoms with E-state index in [1.807, 2.05) is 54.6 Å². The Morgan fingerprint density at radius 1 is 1.03 bits per heavy atom. The third-order valence-corrected chi connectivity index (χ3v) is 7.53. The van der Waals surface area contributed by atoms with Crippen LogP contribution in [0, 0.1) is 5.92 Å². The van der Waals surface area contributed by atoms with Gasteiger partial charge in [0.05, 0.1) is 11.7 Å². The predicted molar refractivity (Wildman–Crippen MR) is 114 cm³/mol. The fraction of sp³-hybridized carbons (Fsp3) is 0.364. The number of anilines is 1. The van der Waals surface area contributed by atoms with Crippen LogP contribution in [0.25, 0.3) is 0 Å². The Morgan fingerprint density at radius 3 is 2.50 bits per heavy atom. The van der Waals surface area contributed by atoms with Gasteiger partial charge < -0.3 is 10.2 Å². The molecule has 2 aromatic carbocycles. The summed E-state index contributed by atoms with van der Waals surface area (Å²) < 4.78 is 26.9. The lowest BCUT2D eigenvalue weighted by Gasteiger charge is -2.28. The van der Waals surface area contributed by atoms with Gasteiger partial charge >= 0.3 is 0 Å². The lowest BCUT2D eigenvalue weighted by atomic mass is 10.0. The van der Waals surface area contributed by atoms with Gasteiger partial charge in [-0.25, -0.2) is 8.42 Å². The summed E-state index contributed by atoms with van der Waals surface area (Å²) in [5, 5.41) is 2.71. The molecular weight excluding hydrogens is 402 g/mol. The van der Waals surface area contributed by atoms with Crippen LogP contribution >= 0.6 is 0 Å². The molecule has 0 saturated carbocycles. The summed E-state index contributed by atoms with van der Waals surface area (Å²) in [6.45, 7) is 1.17. The maximum atomic E-state index is 12.7. The van der Waals surface area contributed by atoms with Crippen molar-refractivity contribution in [3.05, 3.63) is 65.7 Å². The van der Waals surface area contributed by atoms with Crippen molar-refractivity contribution in [2.75, 3.05) is 30.3 Å². The highest BCUT2D eigenvalue weighted by Crippen LogP contribution is 2.25. The Kier molecular flexibility index (Phi) is 5.87. The first-order valence-electron chi connectivity index (χ1n) is 10.1. The number of sulfonamides is 1. The molecular formula is C22H25N3O4S. The fourth-order valence-corrected chi connectivity index (χ4v) is 5.35. The molecule has 2 aromatic rings. The van der Waals surface area contributed by atoms with E-state index in [-0.39, 0.29) is 30.5 Å². The van der Waals surface area contributed by atoms with Gasteiger partial charge in [-0.2, -0.15) is 4.31 Å². The van der Waals surface area contributed by atoms with Crippen LogP contribution in [0.15, 0.2) is 54.6 Å². The molecule has 2 aliphatic heterocycles. The van der Waals surface area contributed by atoms with E-state index in [1.54, 1.807) is 4.90 Å². The summed E-state index contributed by atoms with van der Waals surface area (Å²) in [5.74, 6) is -0.992. The number of fused-ring (bicyclic) bond motifs is 1. The van der Waals surface area contributed by atoms with Crippen LogP contribution in [-0.4, -0.2) is 49.9 Å². The molecule has 0 spiro atoms. The van der Waals surface area contributed by atoms with Gasteiger partial charge in [0, 0.05) is 38.3 Å². The quantitative estimate of drug-likeness (QED) is 0.758. The van der Waals surface area contributed by atoms with E-state index in [9.17, 15) is 18.0 Å². The standard InChI is InChI=1S/C22H25N3O4S/c26-21-14-19(16-25(21)20-8-2-1-3-9-20)22(27)23-11-13-30(28,29)24-12-10-17-6-4-5-7-18(17)15-24/h1-9,19H,10-16H2,(H,23,27). The van der Waals surface area contributed by atoms with Crippen molar-refractivity contribution in [1.29, 1.82) is 0 Å². The Balaban J connectivity index is 1.29. The van der Waals surface area contributed by atoms with Crippen LogP contribution in [0.1, 0.15) is 17.5 Å². The first kappa shape index (κ1) is 20.6. The van der Waals surface area contributed by atoms with Crippen LogP contribution < -0.4 is 10.2 Å². The number of nitrogens with zero attached hydrogens (tertiary/aromatic N) is 2. The Bertz CT molecular complexity index is 1040. The van der Waals surface area contributed by atoms with E-state index in [0.717, 1.165) is 11.3 Å². The number of carbonyl (C=O) groups excluding carboxylic acids is 2. The third-order valence-electron chi connectivity index (χ3n) is 5.71. The van der Waals surface area contributed by atoms with Gasteiger partial charge in [0.1, 0.15) is 0 Å². The number of para-hydroxylation sites is 1. The van der Waals surface area contributed by atoms with Gasteiger partial charge in [-0.15, -0.1) is 0 Å². The summed E-state index contributed by atoms with van der Waals surface area (Å²) in [6, 6.07) is 17.1. The van der Waals surface area contributed by atoms with E-state index in [2.05, 4.69) is 5.32 Å². The zero-order valence-electron chi connectivity index (χ0n) is 16.7. The Morgan fingerprint density at radius 2 is 1.73 bits per heavy atom. The van der Waals surface area contributed by atoms with Crippen LogP contribution in [0.3, 0.4) is 0 Å². The van der Waals surface area contributed by atoms with E-state index in [1.165, 1.54) is 9.87 Å². The molecule has 1 fully saturated rings. The molecule has 158 valence electrons. The second kappa shape index (κ2) is 8.57. The van der Waals surface area contributed by atoms with Crippen molar-refractivity contribution in [3.8, 4) is 0 Å². The average Bonchev–Trinajstić information content (AvgIpc) is 3.15. The normalized spacial score (nSPS) is 19.5. The van der Waals surface area contributed by atoms with Crippen LogP contribution in [0.4, 0.5) is 5.69 Å². The molecule has 1 atom stereocenters. The second-order valence-electron chi connectivity index (χ2n) is 7.70. The van der Waals surface area contributed by atoms with Crippen LogP contribution in [-0.2, 0) is 32.6 Å². The first-order chi connectivity index (χ1) is 14.4. The molecule has 8 heteroatoms. The van der Waals surface area contributed by atoms with Gasteiger partial charge in [-0.05, 0) is 29.7 Å². The molecule has 0 bridgehead atoms. The summed E-state index contributed by atoms with van der Waals surface area (Å²) in [4.78, 5) is 26.4. The summed E-state index contributed by atoms with van der Waals surface area (Å²) in [6.07, 6.45) is 0.831. The smallest absolute Gasteiger partial charge is 0.227 e. The fourth-order valence-electron chi connectivity index (χ4n) is 4.02. The molecule has 2 aliphatic rings. The van der Waals surface area contributed by atoms with E-state index < -0.39 is 15.9 Å². The number of carbonyl (C=O) groups is 2. The van der Waals surface area contributed by atoms with Gasteiger partial charge in [0.15, 0.2) is 0 Å². The lowest BCUT2D eigenvalue weighted by Crippen LogP contribution is -2.41. The number of hydrogen-bond acceptors (Lipinski definition) is 4. The molecule has 0 radical (unpaired) electrons.